The summed E-state index contributed by atoms with van der Waals surface area (Å²) in [5.74, 6) is -0.324. The molecule has 0 bridgehead atoms. The van der Waals surface area contributed by atoms with E-state index < -0.39 is 6.04 Å². The molecule has 3 aromatic carbocycles. The zero-order valence-corrected chi connectivity index (χ0v) is 11.3. The average molecular weight is 276 g/mol. The summed E-state index contributed by atoms with van der Waals surface area (Å²) in [6.07, 6.45) is 0. The van der Waals surface area contributed by atoms with Gasteiger partial charge in [-0.1, -0.05) is 42.5 Å². The molecule has 1 N–H and O–H groups in total. The molecule has 0 saturated carbocycles. The Hall–Kier alpha value is -2.86. The lowest BCUT2D eigenvalue weighted by Gasteiger charge is -2.14. The van der Waals surface area contributed by atoms with Gasteiger partial charge in [-0.15, -0.1) is 0 Å². The van der Waals surface area contributed by atoms with Crippen molar-refractivity contribution in [3.05, 3.63) is 78.1 Å². The van der Waals surface area contributed by atoms with E-state index >= 15 is 0 Å². The molecule has 0 fully saturated rings. The molecule has 0 aliphatic heterocycles. The number of hydrogen-bond donors (Lipinski definition) is 1. The number of benzene rings is 3. The molecule has 3 rings (SSSR count). The maximum absolute atomic E-state index is 13.2. The molecule has 2 nitrogen and oxygen atoms in total. The van der Waals surface area contributed by atoms with Crippen LogP contribution in [0.5, 0.6) is 0 Å². The Bertz CT molecular complexity index is 821. The molecule has 3 heteroatoms. The molecular weight excluding hydrogens is 263 g/mol. The summed E-state index contributed by atoms with van der Waals surface area (Å²) in [6.45, 7) is 0. The SMILES string of the molecule is N#CC(Nc1cccc(F)c1)c1ccc2ccccc2c1. The van der Waals surface area contributed by atoms with E-state index in [0.717, 1.165) is 16.3 Å². The van der Waals surface area contributed by atoms with Gasteiger partial charge in [-0.3, -0.25) is 0 Å². The number of fused-ring (bicyclic) bond motifs is 1. The highest BCUT2D eigenvalue weighted by atomic mass is 19.1. The molecule has 0 aliphatic carbocycles. The normalized spacial score (nSPS) is 11.8. The van der Waals surface area contributed by atoms with Crippen LogP contribution in [-0.2, 0) is 0 Å². The first-order valence-electron chi connectivity index (χ1n) is 6.67. The lowest BCUT2D eigenvalue weighted by Crippen LogP contribution is -2.08. The van der Waals surface area contributed by atoms with Crippen LogP contribution >= 0.6 is 0 Å². The molecule has 3 aromatic rings. The number of nitrogens with zero attached hydrogens (tertiary/aromatic N) is 1. The summed E-state index contributed by atoms with van der Waals surface area (Å²) in [5.41, 5.74) is 1.45. The molecule has 0 saturated heterocycles. The number of nitriles is 1. The number of anilines is 1. The van der Waals surface area contributed by atoms with E-state index in [0.29, 0.717) is 5.69 Å². The maximum atomic E-state index is 13.2. The fourth-order valence-corrected chi connectivity index (χ4v) is 2.32. The van der Waals surface area contributed by atoms with E-state index in [1.54, 1.807) is 12.1 Å². The van der Waals surface area contributed by atoms with E-state index in [2.05, 4.69) is 11.4 Å². The quantitative estimate of drug-likeness (QED) is 0.755. The van der Waals surface area contributed by atoms with Crippen molar-refractivity contribution >= 4 is 16.5 Å². The fourth-order valence-electron chi connectivity index (χ4n) is 2.32. The van der Waals surface area contributed by atoms with Crippen LogP contribution in [0.1, 0.15) is 11.6 Å². The third-order valence-corrected chi connectivity index (χ3v) is 3.37. The molecule has 0 amide bonds. The standard InChI is InChI=1S/C18H13FN2/c19-16-6-3-7-17(11-16)21-18(12-20)15-9-8-13-4-1-2-5-14(13)10-15/h1-11,18,21H. The Morgan fingerprint density at radius 2 is 1.71 bits per heavy atom. The van der Waals surface area contributed by atoms with Crippen LogP contribution in [0.3, 0.4) is 0 Å². The zero-order chi connectivity index (χ0) is 14.7. The maximum Gasteiger partial charge on any atom is 0.140 e. The van der Waals surface area contributed by atoms with Crippen molar-refractivity contribution in [1.82, 2.24) is 0 Å². The summed E-state index contributed by atoms with van der Waals surface area (Å²) in [4.78, 5) is 0. The predicted octanol–water partition coefficient (Wildman–Crippen LogP) is 4.66. The second kappa shape index (κ2) is 5.64. The summed E-state index contributed by atoms with van der Waals surface area (Å²) >= 11 is 0. The monoisotopic (exact) mass is 276 g/mol. The van der Waals surface area contributed by atoms with Gasteiger partial charge >= 0.3 is 0 Å². The van der Waals surface area contributed by atoms with Crippen LogP contribution in [0.25, 0.3) is 10.8 Å². The Balaban J connectivity index is 1.93. The minimum atomic E-state index is -0.517. The number of rotatable bonds is 3. The van der Waals surface area contributed by atoms with Crippen molar-refractivity contribution in [3.63, 3.8) is 0 Å². The lowest BCUT2D eigenvalue weighted by atomic mass is 10.0. The molecule has 0 aromatic heterocycles. The van der Waals surface area contributed by atoms with Crippen LogP contribution in [0.2, 0.25) is 0 Å². The summed E-state index contributed by atoms with van der Waals surface area (Å²) < 4.78 is 13.2. The van der Waals surface area contributed by atoms with E-state index in [-0.39, 0.29) is 5.82 Å². The average Bonchev–Trinajstić information content (AvgIpc) is 2.52. The molecule has 0 heterocycles. The van der Waals surface area contributed by atoms with Crippen LogP contribution in [0.4, 0.5) is 10.1 Å². The number of halogens is 1. The van der Waals surface area contributed by atoms with Crippen molar-refractivity contribution < 1.29 is 4.39 Å². The Morgan fingerprint density at radius 1 is 0.905 bits per heavy atom. The van der Waals surface area contributed by atoms with Crippen LogP contribution < -0.4 is 5.32 Å². The van der Waals surface area contributed by atoms with Gasteiger partial charge in [0.25, 0.3) is 0 Å². The molecule has 0 radical (unpaired) electrons. The second-order valence-corrected chi connectivity index (χ2v) is 4.82. The largest absolute Gasteiger partial charge is 0.366 e. The summed E-state index contributed by atoms with van der Waals surface area (Å²) in [5, 5.41) is 14.6. The minimum absolute atomic E-state index is 0.324. The first kappa shape index (κ1) is 13.1. The first-order chi connectivity index (χ1) is 10.3. The van der Waals surface area contributed by atoms with Crippen molar-refractivity contribution in [2.45, 2.75) is 6.04 Å². The fraction of sp³-hybridized carbons (Fsp3) is 0.0556. The van der Waals surface area contributed by atoms with Gasteiger partial charge in [-0.05, 0) is 40.6 Å². The highest BCUT2D eigenvalue weighted by molar-refractivity contribution is 5.83. The van der Waals surface area contributed by atoms with Gasteiger partial charge in [-0.25, -0.2) is 4.39 Å². The van der Waals surface area contributed by atoms with Gasteiger partial charge in [0.15, 0.2) is 0 Å². The summed E-state index contributed by atoms with van der Waals surface area (Å²) in [6, 6.07) is 21.7. The highest BCUT2D eigenvalue weighted by Crippen LogP contribution is 2.23. The first-order valence-corrected chi connectivity index (χ1v) is 6.67. The van der Waals surface area contributed by atoms with E-state index in [1.165, 1.54) is 12.1 Å². The Kier molecular flexibility index (Phi) is 3.53. The lowest BCUT2D eigenvalue weighted by molar-refractivity contribution is 0.628. The Morgan fingerprint density at radius 3 is 2.48 bits per heavy atom. The number of nitrogens with one attached hydrogen (secondary N) is 1. The van der Waals surface area contributed by atoms with Gasteiger partial charge in [-0.2, -0.15) is 5.26 Å². The van der Waals surface area contributed by atoms with Gasteiger partial charge < -0.3 is 5.32 Å². The van der Waals surface area contributed by atoms with Crippen molar-refractivity contribution in [1.29, 1.82) is 5.26 Å². The van der Waals surface area contributed by atoms with E-state index in [4.69, 9.17) is 0 Å². The second-order valence-electron chi connectivity index (χ2n) is 4.82. The van der Waals surface area contributed by atoms with Crippen LogP contribution in [-0.4, -0.2) is 0 Å². The smallest absolute Gasteiger partial charge is 0.140 e. The van der Waals surface area contributed by atoms with E-state index in [1.807, 2.05) is 42.5 Å². The zero-order valence-electron chi connectivity index (χ0n) is 11.3. The van der Waals surface area contributed by atoms with E-state index in [9.17, 15) is 9.65 Å². The van der Waals surface area contributed by atoms with Crippen molar-refractivity contribution in [2.75, 3.05) is 5.32 Å². The molecular formula is C18H13FN2. The van der Waals surface area contributed by atoms with Gasteiger partial charge in [0, 0.05) is 5.69 Å². The minimum Gasteiger partial charge on any atom is -0.366 e. The highest BCUT2D eigenvalue weighted by Gasteiger charge is 2.11. The Labute approximate surface area is 122 Å². The third kappa shape index (κ3) is 2.85. The molecule has 1 unspecified atom stereocenters. The molecule has 0 spiro atoms. The molecule has 21 heavy (non-hydrogen) atoms. The predicted molar refractivity (Wildman–Crippen MR) is 82.3 cm³/mol. The van der Waals surface area contributed by atoms with Crippen molar-refractivity contribution in [3.8, 4) is 6.07 Å². The van der Waals surface area contributed by atoms with Gasteiger partial charge in [0.2, 0.25) is 0 Å². The van der Waals surface area contributed by atoms with Crippen LogP contribution in [0, 0.1) is 17.1 Å². The topological polar surface area (TPSA) is 35.8 Å². The molecule has 102 valence electrons. The third-order valence-electron chi connectivity index (χ3n) is 3.37. The number of hydrogen-bond acceptors (Lipinski definition) is 2. The van der Waals surface area contributed by atoms with Gasteiger partial charge in [0.05, 0.1) is 6.07 Å². The molecule has 1 atom stereocenters. The van der Waals surface area contributed by atoms with Crippen molar-refractivity contribution in [2.24, 2.45) is 0 Å². The van der Waals surface area contributed by atoms with Crippen LogP contribution in [0.15, 0.2) is 66.7 Å². The molecule has 0 aliphatic rings. The van der Waals surface area contributed by atoms with Gasteiger partial charge in [0.1, 0.15) is 11.9 Å². The summed E-state index contributed by atoms with van der Waals surface area (Å²) in [7, 11) is 0.